The first-order valence-electron chi connectivity index (χ1n) is 5.97. The number of aryl methyl sites for hydroxylation is 1. The molecule has 2 heterocycles. The molecule has 2 nitrogen and oxygen atoms in total. The lowest BCUT2D eigenvalue weighted by molar-refractivity contribution is 0.786. The minimum Gasteiger partial charge on any atom is -0.237 e. The van der Waals surface area contributed by atoms with E-state index < -0.39 is 0 Å². The number of hydrogen-bond donors (Lipinski definition) is 0. The molecule has 0 spiro atoms. The lowest BCUT2D eigenvalue weighted by Crippen LogP contribution is -2.18. The van der Waals surface area contributed by atoms with Crippen LogP contribution in [0.3, 0.4) is 0 Å². The Bertz CT molecular complexity index is 387. The third kappa shape index (κ3) is 3.52. The zero-order valence-corrected chi connectivity index (χ0v) is 12.5. The molecule has 0 bridgehead atoms. The highest BCUT2D eigenvalue weighted by molar-refractivity contribution is 8.06. The summed E-state index contributed by atoms with van der Waals surface area (Å²) >= 11 is 10.0. The predicted octanol–water partition coefficient (Wildman–Crippen LogP) is 3.99. The molecule has 1 aliphatic rings. The fourth-order valence-corrected chi connectivity index (χ4v) is 4.81. The molecule has 2 atom stereocenters. The van der Waals surface area contributed by atoms with E-state index >= 15 is 0 Å². The van der Waals surface area contributed by atoms with Crippen LogP contribution in [0.1, 0.15) is 37.0 Å². The van der Waals surface area contributed by atoms with E-state index in [1.54, 1.807) is 0 Å². The molecule has 1 aromatic rings. The Morgan fingerprint density at radius 3 is 2.82 bits per heavy atom. The Labute approximate surface area is 116 Å². The van der Waals surface area contributed by atoms with Crippen molar-refractivity contribution in [3.8, 4) is 0 Å². The van der Waals surface area contributed by atoms with E-state index in [-0.39, 0.29) is 0 Å². The summed E-state index contributed by atoms with van der Waals surface area (Å²) in [6.07, 6.45) is 2.07. The fourth-order valence-electron chi connectivity index (χ4n) is 1.91. The van der Waals surface area contributed by atoms with E-state index in [1.807, 2.05) is 29.6 Å². The van der Waals surface area contributed by atoms with Crippen molar-refractivity contribution in [1.29, 1.82) is 0 Å². The molecule has 0 radical (unpaired) electrons. The molecule has 2 unspecified atom stereocenters. The third-order valence-electron chi connectivity index (χ3n) is 2.71. The Balaban J connectivity index is 2.24. The van der Waals surface area contributed by atoms with Gasteiger partial charge in [-0.2, -0.15) is 11.8 Å². The molecular formula is C12H17ClN2S2. The van der Waals surface area contributed by atoms with Gasteiger partial charge in [-0.1, -0.05) is 31.9 Å². The Hall–Kier alpha value is 0.0700. The smallest absolute Gasteiger partial charge is 0.144 e. The SMILES string of the molecule is CCCc1cc(Cl)nc(C2SCCSC2C)n1. The van der Waals surface area contributed by atoms with E-state index in [4.69, 9.17) is 11.6 Å². The maximum Gasteiger partial charge on any atom is 0.144 e. The lowest BCUT2D eigenvalue weighted by atomic mass is 10.2. The molecule has 17 heavy (non-hydrogen) atoms. The summed E-state index contributed by atoms with van der Waals surface area (Å²) in [5.74, 6) is 3.33. The van der Waals surface area contributed by atoms with E-state index in [0.29, 0.717) is 15.7 Å². The summed E-state index contributed by atoms with van der Waals surface area (Å²) in [4.78, 5) is 9.08. The molecule has 1 saturated heterocycles. The van der Waals surface area contributed by atoms with Gasteiger partial charge in [0.25, 0.3) is 0 Å². The summed E-state index contributed by atoms with van der Waals surface area (Å²) in [6, 6.07) is 1.89. The molecule has 1 fully saturated rings. The number of thioether (sulfide) groups is 2. The van der Waals surface area contributed by atoms with Gasteiger partial charge in [0.15, 0.2) is 0 Å². The highest BCUT2D eigenvalue weighted by Crippen LogP contribution is 2.41. The highest BCUT2D eigenvalue weighted by Gasteiger charge is 2.27. The summed E-state index contributed by atoms with van der Waals surface area (Å²) in [6.45, 7) is 4.41. The first kappa shape index (κ1) is 13.5. The first-order valence-corrected chi connectivity index (χ1v) is 8.45. The van der Waals surface area contributed by atoms with Gasteiger partial charge < -0.3 is 0 Å². The van der Waals surface area contributed by atoms with Gasteiger partial charge in [-0.15, -0.1) is 11.8 Å². The molecule has 1 aromatic heterocycles. The van der Waals surface area contributed by atoms with Gasteiger partial charge in [0.1, 0.15) is 11.0 Å². The zero-order chi connectivity index (χ0) is 12.3. The quantitative estimate of drug-likeness (QED) is 0.786. The number of halogens is 1. The molecule has 0 N–H and O–H groups in total. The average Bonchev–Trinajstić information content (AvgIpc) is 2.29. The van der Waals surface area contributed by atoms with Crippen molar-refractivity contribution < 1.29 is 0 Å². The monoisotopic (exact) mass is 288 g/mol. The molecule has 0 saturated carbocycles. The summed E-state index contributed by atoms with van der Waals surface area (Å²) in [5.41, 5.74) is 1.07. The third-order valence-corrected chi connectivity index (χ3v) is 5.99. The van der Waals surface area contributed by atoms with Crippen LogP contribution in [-0.2, 0) is 6.42 Å². The van der Waals surface area contributed by atoms with E-state index in [2.05, 4.69) is 23.8 Å². The van der Waals surface area contributed by atoms with Crippen LogP contribution in [0, 0.1) is 0 Å². The summed E-state index contributed by atoms with van der Waals surface area (Å²) in [7, 11) is 0. The van der Waals surface area contributed by atoms with Gasteiger partial charge in [-0.3, -0.25) is 0 Å². The fraction of sp³-hybridized carbons (Fsp3) is 0.667. The zero-order valence-electron chi connectivity index (χ0n) is 10.1. The van der Waals surface area contributed by atoms with Gasteiger partial charge in [-0.25, -0.2) is 9.97 Å². The summed E-state index contributed by atoms with van der Waals surface area (Å²) < 4.78 is 0. The van der Waals surface area contributed by atoms with Gasteiger partial charge in [0.2, 0.25) is 0 Å². The van der Waals surface area contributed by atoms with Crippen LogP contribution in [0.25, 0.3) is 0 Å². The van der Waals surface area contributed by atoms with Gasteiger partial charge in [-0.05, 0) is 12.5 Å². The van der Waals surface area contributed by atoms with Crippen molar-refractivity contribution in [2.24, 2.45) is 0 Å². The number of nitrogens with zero attached hydrogens (tertiary/aromatic N) is 2. The average molecular weight is 289 g/mol. The Morgan fingerprint density at radius 1 is 1.35 bits per heavy atom. The van der Waals surface area contributed by atoms with E-state index in [0.717, 1.165) is 24.4 Å². The van der Waals surface area contributed by atoms with Crippen LogP contribution >= 0.6 is 35.1 Å². The van der Waals surface area contributed by atoms with Crippen LogP contribution in [0.5, 0.6) is 0 Å². The van der Waals surface area contributed by atoms with Crippen LogP contribution in [0.15, 0.2) is 6.07 Å². The Kier molecular flexibility index (Phi) is 5.00. The van der Waals surface area contributed by atoms with Crippen LogP contribution in [0.2, 0.25) is 5.15 Å². The molecule has 0 aromatic carbocycles. The molecular weight excluding hydrogens is 272 g/mol. The second kappa shape index (κ2) is 6.30. The van der Waals surface area contributed by atoms with Gasteiger partial charge >= 0.3 is 0 Å². The molecule has 0 amide bonds. The maximum absolute atomic E-state index is 6.09. The summed E-state index contributed by atoms with van der Waals surface area (Å²) in [5, 5.41) is 1.55. The second-order valence-electron chi connectivity index (χ2n) is 4.16. The first-order chi connectivity index (χ1) is 8.20. The van der Waals surface area contributed by atoms with Crippen molar-refractivity contribution in [2.75, 3.05) is 11.5 Å². The molecule has 94 valence electrons. The van der Waals surface area contributed by atoms with Crippen molar-refractivity contribution in [1.82, 2.24) is 9.97 Å². The normalized spacial score (nSPS) is 24.9. The molecule has 0 aliphatic carbocycles. The minimum atomic E-state index is 0.392. The minimum absolute atomic E-state index is 0.392. The van der Waals surface area contributed by atoms with E-state index in [9.17, 15) is 0 Å². The van der Waals surface area contributed by atoms with Crippen LogP contribution in [0.4, 0.5) is 0 Å². The molecule has 2 rings (SSSR count). The van der Waals surface area contributed by atoms with Crippen LogP contribution < -0.4 is 0 Å². The molecule has 1 aliphatic heterocycles. The van der Waals surface area contributed by atoms with Crippen molar-refractivity contribution >= 4 is 35.1 Å². The lowest BCUT2D eigenvalue weighted by Gasteiger charge is -2.26. The standard InChI is InChI=1S/C12H17ClN2S2/c1-3-4-9-7-10(13)15-12(14-9)11-8(2)16-5-6-17-11/h7-8,11H,3-6H2,1-2H3. The number of aromatic nitrogens is 2. The van der Waals surface area contributed by atoms with Crippen LogP contribution in [-0.4, -0.2) is 26.7 Å². The van der Waals surface area contributed by atoms with Crippen molar-refractivity contribution in [3.63, 3.8) is 0 Å². The number of rotatable bonds is 3. The topological polar surface area (TPSA) is 25.8 Å². The van der Waals surface area contributed by atoms with Crippen molar-refractivity contribution in [2.45, 2.75) is 37.2 Å². The van der Waals surface area contributed by atoms with Crippen molar-refractivity contribution in [3.05, 3.63) is 22.7 Å². The highest BCUT2D eigenvalue weighted by atomic mass is 35.5. The second-order valence-corrected chi connectivity index (χ2v) is 7.28. The molecule has 5 heteroatoms. The maximum atomic E-state index is 6.09. The van der Waals surface area contributed by atoms with E-state index in [1.165, 1.54) is 11.5 Å². The van der Waals surface area contributed by atoms with Gasteiger partial charge in [0, 0.05) is 22.4 Å². The Morgan fingerprint density at radius 2 is 2.12 bits per heavy atom. The largest absolute Gasteiger partial charge is 0.237 e. The number of hydrogen-bond acceptors (Lipinski definition) is 4. The van der Waals surface area contributed by atoms with Gasteiger partial charge in [0.05, 0.1) is 5.25 Å². The predicted molar refractivity (Wildman–Crippen MR) is 78.2 cm³/mol.